The Morgan fingerprint density at radius 3 is 2.80 bits per heavy atom. The Morgan fingerprint density at radius 1 is 1.47 bits per heavy atom. The van der Waals surface area contributed by atoms with Crippen LogP contribution in [0.15, 0.2) is 0 Å². The monoisotopic (exact) mass is 208 g/mol. The second kappa shape index (κ2) is 4.27. The first-order valence-electron chi connectivity index (χ1n) is 6.64. The minimum absolute atomic E-state index is 0.285. The molecule has 5 unspecified atom stereocenters. The molecule has 0 aromatic rings. The molecule has 3 fully saturated rings. The van der Waals surface area contributed by atoms with E-state index in [4.69, 9.17) is 0 Å². The lowest BCUT2D eigenvalue weighted by molar-refractivity contribution is -0.112. The molecular weight excluding hydrogens is 184 g/mol. The molecule has 0 spiro atoms. The van der Waals surface area contributed by atoms with E-state index in [0.29, 0.717) is 0 Å². The molecule has 2 bridgehead atoms. The maximum atomic E-state index is 10.7. The predicted molar refractivity (Wildman–Crippen MR) is 62.5 cm³/mol. The molecule has 1 heteroatoms. The average molecular weight is 208 g/mol. The van der Waals surface area contributed by atoms with Crippen molar-refractivity contribution < 1.29 is 4.79 Å². The molecule has 0 aromatic heterocycles. The first-order valence-corrected chi connectivity index (χ1v) is 6.64. The van der Waals surface area contributed by atoms with Crippen molar-refractivity contribution in [3.8, 4) is 0 Å². The number of fused-ring (bicyclic) bond motifs is 1. The molecule has 3 saturated carbocycles. The summed E-state index contributed by atoms with van der Waals surface area (Å²) in [5.74, 6) is 5.01. The van der Waals surface area contributed by atoms with Crippen molar-refractivity contribution in [2.45, 2.75) is 46.5 Å². The highest BCUT2D eigenvalue weighted by Gasteiger charge is 2.57. The molecular formula is C14H24O. The second-order valence-electron chi connectivity index (χ2n) is 5.90. The van der Waals surface area contributed by atoms with Crippen molar-refractivity contribution in [1.82, 2.24) is 0 Å². The maximum Gasteiger partial charge on any atom is 0.122 e. The van der Waals surface area contributed by atoms with Crippen molar-refractivity contribution in [3.63, 3.8) is 0 Å². The standard InChI is InChI=1S/C14H24O/c1-4-5-11-7-12-10(3)14(11)13(12)6-9(2)8-15/h8-14H,4-7H2,1-3H3/t9?,10-,11?,12?,13?,14?/m0/s1. The van der Waals surface area contributed by atoms with Gasteiger partial charge in [-0.2, -0.15) is 0 Å². The van der Waals surface area contributed by atoms with Gasteiger partial charge < -0.3 is 4.79 Å². The number of hydrogen-bond donors (Lipinski definition) is 0. The number of carbonyl (C=O) groups excluding carboxylic acids is 1. The molecule has 15 heavy (non-hydrogen) atoms. The van der Waals surface area contributed by atoms with Gasteiger partial charge in [0.2, 0.25) is 0 Å². The van der Waals surface area contributed by atoms with Gasteiger partial charge in [-0.15, -0.1) is 0 Å². The topological polar surface area (TPSA) is 17.1 Å². The van der Waals surface area contributed by atoms with Crippen LogP contribution in [0.4, 0.5) is 0 Å². The summed E-state index contributed by atoms with van der Waals surface area (Å²) in [4.78, 5) is 10.7. The van der Waals surface area contributed by atoms with Crippen molar-refractivity contribution in [1.29, 1.82) is 0 Å². The number of hydrogen-bond acceptors (Lipinski definition) is 1. The van der Waals surface area contributed by atoms with Crippen LogP contribution in [0.3, 0.4) is 0 Å². The van der Waals surface area contributed by atoms with E-state index in [1.165, 1.54) is 19.3 Å². The van der Waals surface area contributed by atoms with Crippen LogP contribution in [0.1, 0.15) is 46.5 Å². The third kappa shape index (κ3) is 1.74. The van der Waals surface area contributed by atoms with Crippen molar-refractivity contribution >= 4 is 6.29 Å². The molecule has 3 rings (SSSR count). The van der Waals surface area contributed by atoms with Gasteiger partial charge in [-0.3, -0.25) is 0 Å². The molecule has 3 aliphatic rings. The van der Waals surface area contributed by atoms with Crippen molar-refractivity contribution in [3.05, 3.63) is 0 Å². The third-order valence-electron chi connectivity index (χ3n) is 4.98. The molecule has 1 nitrogen and oxygen atoms in total. The fourth-order valence-corrected chi connectivity index (χ4v) is 4.38. The Kier molecular flexibility index (Phi) is 3.18. The summed E-state index contributed by atoms with van der Waals surface area (Å²) in [5.41, 5.74) is 0. The zero-order chi connectivity index (χ0) is 11.0. The second-order valence-corrected chi connectivity index (χ2v) is 5.90. The zero-order valence-electron chi connectivity index (χ0n) is 10.3. The lowest BCUT2D eigenvalue weighted by atomic mass is 9.60. The average Bonchev–Trinajstić information content (AvgIpc) is 2.73. The summed E-state index contributed by atoms with van der Waals surface area (Å²) in [6.07, 6.45) is 6.49. The third-order valence-corrected chi connectivity index (χ3v) is 4.98. The first-order chi connectivity index (χ1) is 7.19. The number of rotatable bonds is 5. The highest BCUT2D eigenvalue weighted by Crippen LogP contribution is 2.63. The molecule has 6 atom stereocenters. The minimum Gasteiger partial charge on any atom is -0.303 e. The molecule has 0 aromatic carbocycles. The Labute approximate surface area is 93.6 Å². The van der Waals surface area contributed by atoms with E-state index in [-0.39, 0.29) is 5.92 Å². The van der Waals surface area contributed by atoms with Crippen LogP contribution in [0.25, 0.3) is 0 Å². The van der Waals surface area contributed by atoms with Crippen molar-refractivity contribution in [2.24, 2.45) is 35.5 Å². The number of carbonyl (C=O) groups is 1. The van der Waals surface area contributed by atoms with Gasteiger partial charge in [0, 0.05) is 5.92 Å². The van der Waals surface area contributed by atoms with E-state index >= 15 is 0 Å². The lowest BCUT2D eigenvalue weighted by Crippen LogP contribution is -2.39. The smallest absolute Gasteiger partial charge is 0.122 e. The quantitative estimate of drug-likeness (QED) is 0.632. The minimum atomic E-state index is 0.285. The van der Waals surface area contributed by atoms with E-state index in [9.17, 15) is 4.79 Å². The van der Waals surface area contributed by atoms with Gasteiger partial charge in [-0.25, -0.2) is 0 Å². The molecule has 0 saturated heterocycles. The zero-order valence-corrected chi connectivity index (χ0v) is 10.3. The van der Waals surface area contributed by atoms with E-state index in [2.05, 4.69) is 20.8 Å². The Hall–Kier alpha value is -0.330. The first kappa shape index (κ1) is 11.2. The molecule has 3 aliphatic carbocycles. The van der Waals surface area contributed by atoms with Gasteiger partial charge in [0.05, 0.1) is 0 Å². The molecule has 0 aliphatic heterocycles. The van der Waals surface area contributed by atoms with Gasteiger partial charge in [0.25, 0.3) is 0 Å². The highest BCUT2D eigenvalue weighted by molar-refractivity contribution is 5.52. The lowest BCUT2D eigenvalue weighted by Gasteiger charge is -2.45. The highest BCUT2D eigenvalue weighted by atomic mass is 16.1. The van der Waals surface area contributed by atoms with Gasteiger partial charge >= 0.3 is 0 Å². The SMILES string of the molecule is CCCC1CC2C(CC(C)C=O)C1[C@H]2C. The summed E-state index contributed by atoms with van der Waals surface area (Å²) in [6, 6.07) is 0. The molecule has 0 N–H and O–H groups in total. The van der Waals surface area contributed by atoms with E-state index in [1.54, 1.807) is 0 Å². The van der Waals surface area contributed by atoms with E-state index in [1.807, 2.05) is 0 Å². The normalized spacial score (nSPS) is 44.9. The Morgan fingerprint density at radius 2 is 2.20 bits per heavy atom. The van der Waals surface area contributed by atoms with Gasteiger partial charge in [0.15, 0.2) is 0 Å². The number of aldehydes is 1. The summed E-state index contributed by atoms with van der Waals surface area (Å²) >= 11 is 0. The summed E-state index contributed by atoms with van der Waals surface area (Å²) in [7, 11) is 0. The Balaban J connectivity index is 1.92. The van der Waals surface area contributed by atoms with Crippen molar-refractivity contribution in [2.75, 3.05) is 0 Å². The summed E-state index contributed by atoms with van der Waals surface area (Å²) in [6.45, 7) is 6.79. The van der Waals surface area contributed by atoms with Crippen LogP contribution < -0.4 is 0 Å². The predicted octanol–water partition coefficient (Wildman–Crippen LogP) is 3.53. The van der Waals surface area contributed by atoms with E-state index in [0.717, 1.165) is 42.3 Å². The fourth-order valence-electron chi connectivity index (χ4n) is 4.38. The van der Waals surface area contributed by atoms with Crippen LogP contribution in [-0.4, -0.2) is 6.29 Å². The van der Waals surface area contributed by atoms with E-state index < -0.39 is 0 Å². The van der Waals surface area contributed by atoms with Crippen LogP contribution in [-0.2, 0) is 4.79 Å². The molecule has 86 valence electrons. The van der Waals surface area contributed by atoms with Crippen LogP contribution in [0, 0.1) is 35.5 Å². The largest absolute Gasteiger partial charge is 0.303 e. The van der Waals surface area contributed by atoms with Gasteiger partial charge in [0.1, 0.15) is 6.29 Å². The molecule has 0 heterocycles. The summed E-state index contributed by atoms with van der Waals surface area (Å²) < 4.78 is 0. The van der Waals surface area contributed by atoms with Crippen LogP contribution >= 0.6 is 0 Å². The van der Waals surface area contributed by atoms with Crippen LogP contribution in [0.5, 0.6) is 0 Å². The summed E-state index contributed by atoms with van der Waals surface area (Å²) in [5, 5.41) is 0. The fraction of sp³-hybridized carbons (Fsp3) is 0.929. The molecule has 0 radical (unpaired) electrons. The Bertz CT molecular complexity index is 235. The van der Waals surface area contributed by atoms with Crippen LogP contribution in [0.2, 0.25) is 0 Å². The maximum absolute atomic E-state index is 10.7. The van der Waals surface area contributed by atoms with Gasteiger partial charge in [-0.05, 0) is 42.4 Å². The van der Waals surface area contributed by atoms with Gasteiger partial charge in [-0.1, -0.05) is 33.6 Å². The molecule has 0 amide bonds.